The molecule has 0 aromatic carbocycles. The number of aromatic carboxylic acids is 1. The van der Waals surface area contributed by atoms with Gasteiger partial charge in [0.05, 0.1) is 12.1 Å². The summed E-state index contributed by atoms with van der Waals surface area (Å²) >= 11 is 0. The van der Waals surface area contributed by atoms with Crippen molar-refractivity contribution in [3.63, 3.8) is 0 Å². The topological polar surface area (TPSA) is 62.7 Å². The predicted molar refractivity (Wildman–Crippen MR) is 68.4 cm³/mol. The van der Waals surface area contributed by atoms with Crippen molar-refractivity contribution in [1.29, 1.82) is 0 Å². The molecule has 0 spiro atoms. The molecule has 1 aromatic heterocycles. The number of ether oxygens (including phenoxy) is 1. The van der Waals surface area contributed by atoms with Crippen LogP contribution in [-0.2, 0) is 4.74 Å². The van der Waals surface area contributed by atoms with Crippen molar-refractivity contribution in [3.05, 3.63) is 23.9 Å². The van der Waals surface area contributed by atoms with Gasteiger partial charge in [-0.1, -0.05) is 6.07 Å². The summed E-state index contributed by atoms with van der Waals surface area (Å²) in [4.78, 5) is 16.2. The van der Waals surface area contributed by atoms with Gasteiger partial charge in [-0.15, -0.1) is 0 Å². The van der Waals surface area contributed by atoms with Crippen molar-refractivity contribution in [3.8, 4) is 0 Å². The largest absolute Gasteiger partial charge is 0.477 e. The first kappa shape index (κ1) is 15.6. The van der Waals surface area contributed by atoms with Gasteiger partial charge in [0.1, 0.15) is 5.82 Å². The first-order chi connectivity index (χ1) is 9.58. The van der Waals surface area contributed by atoms with Gasteiger partial charge in [-0.05, 0) is 26.0 Å². The lowest BCUT2D eigenvalue weighted by Gasteiger charge is -2.43. The highest BCUT2D eigenvalue weighted by Gasteiger charge is 2.48. The minimum Gasteiger partial charge on any atom is -0.477 e. The summed E-state index contributed by atoms with van der Waals surface area (Å²) in [5.74, 6) is -1.03. The van der Waals surface area contributed by atoms with Crippen molar-refractivity contribution in [2.45, 2.75) is 31.7 Å². The Morgan fingerprint density at radius 2 is 2.14 bits per heavy atom. The zero-order chi connectivity index (χ0) is 15.8. The number of rotatable bonds is 2. The highest BCUT2D eigenvalue weighted by atomic mass is 19.4. The maximum absolute atomic E-state index is 12.9. The van der Waals surface area contributed by atoms with Crippen LogP contribution in [-0.4, -0.2) is 47.0 Å². The molecule has 0 radical (unpaired) electrons. The van der Waals surface area contributed by atoms with Gasteiger partial charge >= 0.3 is 12.1 Å². The fourth-order valence-corrected chi connectivity index (χ4v) is 2.25. The minimum absolute atomic E-state index is 0.190. The molecular weight excluding hydrogens is 289 g/mol. The summed E-state index contributed by atoms with van der Waals surface area (Å²) in [6, 6.07) is 4.23. The van der Waals surface area contributed by atoms with E-state index >= 15 is 0 Å². The molecule has 0 amide bonds. The number of hydrogen-bond donors (Lipinski definition) is 1. The van der Waals surface area contributed by atoms with E-state index in [2.05, 4.69) is 4.98 Å². The average molecular weight is 304 g/mol. The van der Waals surface area contributed by atoms with Crippen molar-refractivity contribution in [2.24, 2.45) is 0 Å². The van der Waals surface area contributed by atoms with Crippen molar-refractivity contribution < 1.29 is 27.8 Å². The van der Waals surface area contributed by atoms with Crippen LogP contribution in [0.5, 0.6) is 0 Å². The van der Waals surface area contributed by atoms with Crippen LogP contribution in [0.4, 0.5) is 19.0 Å². The molecule has 1 atom stereocenters. The molecule has 5 nitrogen and oxygen atoms in total. The smallest absolute Gasteiger partial charge is 0.416 e. The zero-order valence-corrected chi connectivity index (χ0v) is 11.5. The van der Waals surface area contributed by atoms with Crippen LogP contribution in [0.3, 0.4) is 0 Å². The standard InChI is InChI=1S/C13H15F3N2O3/c1-12(2)7-18(6-9(21-12)13(14,15)16)10-5-3-4-8(17-10)11(19)20/h3-5,9H,6-7H2,1-2H3,(H,19,20)/t9-/m1/s1. The summed E-state index contributed by atoms with van der Waals surface area (Å²) < 4.78 is 43.8. The molecule has 8 heteroatoms. The first-order valence-corrected chi connectivity index (χ1v) is 6.28. The third-order valence-electron chi connectivity index (χ3n) is 3.06. The van der Waals surface area contributed by atoms with E-state index < -0.39 is 30.4 Å². The summed E-state index contributed by atoms with van der Waals surface area (Å²) in [6.07, 6.45) is -6.42. The number of carboxylic acid groups (broad SMARTS) is 1. The lowest BCUT2D eigenvalue weighted by molar-refractivity contribution is -0.251. The van der Waals surface area contributed by atoms with Crippen molar-refractivity contribution in [1.82, 2.24) is 4.98 Å². The Hall–Kier alpha value is -1.83. The fraction of sp³-hybridized carbons (Fsp3) is 0.538. The number of alkyl halides is 3. The van der Waals surface area contributed by atoms with Crippen LogP contribution in [0.15, 0.2) is 18.2 Å². The lowest BCUT2D eigenvalue weighted by atomic mass is 10.0. The molecule has 0 bridgehead atoms. The Bertz CT molecular complexity index is 546. The van der Waals surface area contributed by atoms with Gasteiger partial charge in [-0.3, -0.25) is 0 Å². The van der Waals surface area contributed by atoms with Gasteiger partial charge < -0.3 is 14.7 Å². The number of aromatic nitrogens is 1. The molecule has 1 aromatic rings. The van der Waals surface area contributed by atoms with Gasteiger partial charge in [-0.2, -0.15) is 13.2 Å². The van der Waals surface area contributed by atoms with Gasteiger partial charge in [0, 0.05) is 6.54 Å². The molecule has 2 heterocycles. The van der Waals surface area contributed by atoms with Crippen molar-refractivity contribution >= 4 is 11.8 Å². The Labute approximate surface area is 119 Å². The fourth-order valence-electron chi connectivity index (χ4n) is 2.25. The van der Waals surface area contributed by atoms with Gasteiger partial charge in [0.15, 0.2) is 11.8 Å². The monoisotopic (exact) mass is 304 g/mol. The minimum atomic E-state index is -4.49. The summed E-state index contributed by atoms with van der Waals surface area (Å²) in [5, 5.41) is 8.91. The van der Waals surface area contributed by atoms with Crippen LogP contribution in [0, 0.1) is 0 Å². The third kappa shape index (κ3) is 3.63. The normalized spacial score (nSPS) is 22.1. The van der Waals surface area contributed by atoms with Crippen LogP contribution in [0.1, 0.15) is 24.3 Å². The van der Waals surface area contributed by atoms with E-state index in [9.17, 15) is 18.0 Å². The molecule has 116 valence electrons. The number of anilines is 1. The molecule has 0 saturated carbocycles. The number of nitrogens with zero attached hydrogens (tertiary/aromatic N) is 2. The molecular formula is C13H15F3N2O3. The molecule has 1 fully saturated rings. The Kier molecular flexibility index (Phi) is 3.83. The number of pyridine rings is 1. The SMILES string of the molecule is CC1(C)CN(c2cccc(C(=O)O)n2)C[C@H](C(F)(F)F)O1. The Morgan fingerprint density at radius 1 is 1.48 bits per heavy atom. The molecule has 0 unspecified atom stereocenters. The van der Waals surface area contributed by atoms with Gasteiger partial charge in [0.25, 0.3) is 0 Å². The third-order valence-corrected chi connectivity index (χ3v) is 3.06. The second-order valence-corrected chi connectivity index (χ2v) is 5.47. The Morgan fingerprint density at radius 3 is 2.71 bits per heavy atom. The average Bonchev–Trinajstić information content (AvgIpc) is 2.36. The molecule has 1 N–H and O–H groups in total. The number of morpholine rings is 1. The van der Waals surface area contributed by atoms with Crippen LogP contribution in [0.2, 0.25) is 0 Å². The number of carbonyl (C=O) groups is 1. The van der Waals surface area contributed by atoms with E-state index in [1.54, 1.807) is 13.8 Å². The molecule has 1 aliphatic heterocycles. The molecule has 1 saturated heterocycles. The summed E-state index contributed by atoms with van der Waals surface area (Å²) in [5.41, 5.74) is -1.22. The first-order valence-electron chi connectivity index (χ1n) is 6.28. The molecule has 1 aliphatic rings. The van der Waals surface area contributed by atoms with E-state index in [1.165, 1.54) is 23.1 Å². The maximum Gasteiger partial charge on any atom is 0.416 e. The number of halogens is 3. The van der Waals surface area contributed by atoms with Crippen molar-refractivity contribution in [2.75, 3.05) is 18.0 Å². The summed E-state index contributed by atoms with van der Waals surface area (Å²) in [6.45, 7) is 2.89. The van der Waals surface area contributed by atoms with Crippen LogP contribution >= 0.6 is 0 Å². The van der Waals surface area contributed by atoms with E-state index in [4.69, 9.17) is 9.84 Å². The second-order valence-electron chi connectivity index (χ2n) is 5.47. The van der Waals surface area contributed by atoms with Gasteiger partial charge in [0.2, 0.25) is 0 Å². The highest BCUT2D eigenvalue weighted by molar-refractivity contribution is 5.85. The number of hydrogen-bond acceptors (Lipinski definition) is 4. The highest BCUT2D eigenvalue weighted by Crippen LogP contribution is 2.33. The lowest BCUT2D eigenvalue weighted by Crippen LogP contribution is -2.57. The van der Waals surface area contributed by atoms with E-state index in [0.29, 0.717) is 0 Å². The van der Waals surface area contributed by atoms with Crippen LogP contribution in [0.25, 0.3) is 0 Å². The van der Waals surface area contributed by atoms with E-state index in [-0.39, 0.29) is 18.1 Å². The second kappa shape index (κ2) is 5.18. The number of carboxylic acids is 1. The van der Waals surface area contributed by atoms with E-state index in [0.717, 1.165) is 0 Å². The van der Waals surface area contributed by atoms with E-state index in [1.807, 2.05) is 0 Å². The molecule has 2 rings (SSSR count). The summed E-state index contributed by atoms with van der Waals surface area (Å²) in [7, 11) is 0. The zero-order valence-electron chi connectivity index (χ0n) is 11.5. The molecule has 0 aliphatic carbocycles. The van der Waals surface area contributed by atoms with Crippen LogP contribution < -0.4 is 4.90 Å². The maximum atomic E-state index is 12.9. The quantitative estimate of drug-likeness (QED) is 0.908. The predicted octanol–water partition coefficient (Wildman–Crippen LogP) is 2.33. The Balaban J connectivity index is 2.30. The van der Waals surface area contributed by atoms with Gasteiger partial charge in [-0.25, -0.2) is 9.78 Å². The molecule has 21 heavy (non-hydrogen) atoms.